The molecular weight excluding hydrogens is 531 g/mol. The predicted molar refractivity (Wildman–Crippen MR) is 143 cm³/mol. The summed E-state index contributed by atoms with van der Waals surface area (Å²) in [4.78, 5) is 44.7. The number of ether oxygens (including phenoxy) is 2. The van der Waals surface area contributed by atoms with Gasteiger partial charge in [0, 0.05) is 50.5 Å². The minimum absolute atomic E-state index is 0.0598. The number of piperazine rings is 1. The van der Waals surface area contributed by atoms with Gasteiger partial charge in [-0.25, -0.2) is 19.0 Å². The fourth-order valence-electron chi connectivity index (χ4n) is 4.77. The highest BCUT2D eigenvalue weighted by molar-refractivity contribution is 6.30. The molecule has 10 nitrogen and oxygen atoms in total. The van der Waals surface area contributed by atoms with Crippen LogP contribution in [0.3, 0.4) is 0 Å². The number of benzene rings is 1. The number of hydrogen-bond acceptors (Lipinski definition) is 8. The molecule has 2 aromatic heterocycles. The zero-order valence-electron chi connectivity index (χ0n) is 21.2. The molecule has 2 aliphatic heterocycles. The van der Waals surface area contributed by atoms with E-state index in [9.17, 15) is 19.5 Å². The van der Waals surface area contributed by atoms with Crippen LogP contribution < -0.4 is 10.3 Å². The van der Waals surface area contributed by atoms with Gasteiger partial charge in [0.2, 0.25) is 5.43 Å². The van der Waals surface area contributed by atoms with Crippen LogP contribution >= 0.6 is 11.6 Å². The molecule has 0 atom stereocenters. The average molecular weight is 557 g/mol. The van der Waals surface area contributed by atoms with E-state index in [1.807, 2.05) is 4.90 Å². The van der Waals surface area contributed by atoms with Crippen LogP contribution in [0.2, 0.25) is 5.02 Å². The number of carbonyl (C=O) groups excluding carboxylic acids is 1. The number of aryl methyl sites for hydroxylation is 1. The van der Waals surface area contributed by atoms with E-state index in [-0.39, 0.29) is 23.5 Å². The Hall–Kier alpha value is -3.96. The van der Waals surface area contributed by atoms with Crippen LogP contribution in [-0.4, -0.2) is 77.4 Å². The summed E-state index contributed by atoms with van der Waals surface area (Å²) >= 11 is 5.95. The van der Waals surface area contributed by atoms with Crippen LogP contribution in [0.4, 0.5) is 10.2 Å². The number of nitrogens with zero attached hydrogens (tertiary/aromatic N) is 4. The van der Waals surface area contributed by atoms with Crippen molar-refractivity contribution in [1.82, 2.24) is 14.5 Å². The van der Waals surface area contributed by atoms with Crippen LogP contribution in [0.15, 0.2) is 47.1 Å². The summed E-state index contributed by atoms with van der Waals surface area (Å²) in [5.74, 6) is -1.86. The minimum atomic E-state index is -1.36. The van der Waals surface area contributed by atoms with Crippen LogP contribution in [0.25, 0.3) is 16.6 Å². The lowest BCUT2D eigenvalue weighted by molar-refractivity contribution is -0.134. The van der Waals surface area contributed by atoms with Crippen LogP contribution in [0.5, 0.6) is 0 Å². The summed E-state index contributed by atoms with van der Waals surface area (Å²) < 4.78 is 27.7. The molecule has 3 aromatic rings. The third-order valence-electron chi connectivity index (χ3n) is 6.86. The standard InChI is InChI=1S/C27H26ClFN4O6/c1-2-32-14-19(26(35)36)23(34)18-13-20(29)25(30-24(18)32)33-9-7-31(8-10-33)11-12-38-21-15-39-27(37)22(21)16-3-5-17(28)6-4-16/h3-6,13-14H,2,7-12,15H2,1H3,(H,35,36). The Bertz CT molecular complexity index is 1530. The summed E-state index contributed by atoms with van der Waals surface area (Å²) in [7, 11) is 0. The molecule has 2 aliphatic rings. The van der Waals surface area contributed by atoms with Crippen molar-refractivity contribution in [2.24, 2.45) is 0 Å². The van der Waals surface area contributed by atoms with Gasteiger partial charge in [0.15, 0.2) is 11.6 Å². The van der Waals surface area contributed by atoms with E-state index < -0.39 is 28.7 Å². The lowest BCUT2D eigenvalue weighted by Gasteiger charge is -2.35. The molecule has 0 spiro atoms. The highest BCUT2D eigenvalue weighted by Gasteiger charge is 2.28. The summed E-state index contributed by atoms with van der Waals surface area (Å²) in [5, 5.41) is 9.84. The SMILES string of the molecule is CCn1cc(C(=O)O)c(=O)c2cc(F)c(N3CCN(CCOC4=C(c5ccc(Cl)cc5)C(=O)OC4)CC3)nc21. The fraction of sp³-hybridized carbons (Fsp3) is 0.333. The number of cyclic esters (lactones) is 1. The Morgan fingerprint density at radius 3 is 2.56 bits per heavy atom. The van der Waals surface area contributed by atoms with Crippen molar-refractivity contribution < 1.29 is 28.6 Å². The largest absolute Gasteiger partial charge is 0.492 e. The second-order valence-corrected chi connectivity index (χ2v) is 9.62. The molecule has 1 fully saturated rings. The first-order chi connectivity index (χ1) is 18.8. The zero-order chi connectivity index (χ0) is 27.7. The lowest BCUT2D eigenvalue weighted by Crippen LogP contribution is -2.48. The van der Waals surface area contributed by atoms with Crippen molar-refractivity contribution in [3.8, 4) is 0 Å². The van der Waals surface area contributed by atoms with Gasteiger partial charge in [0.05, 0.1) is 5.39 Å². The number of esters is 1. The number of rotatable bonds is 8. The number of aromatic nitrogens is 2. The van der Waals surface area contributed by atoms with Crippen LogP contribution in [0, 0.1) is 5.82 Å². The van der Waals surface area contributed by atoms with Gasteiger partial charge < -0.3 is 24.0 Å². The summed E-state index contributed by atoms with van der Waals surface area (Å²) in [5.41, 5.74) is 0.156. The molecule has 0 unspecified atom stereocenters. The molecule has 1 N–H and O–H groups in total. The zero-order valence-corrected chi connectivity index (χ0v) is 21.9. The maximum atomic E-state index is 15.1. The second kappa shape index (κ2) is 11.0. The average Bonchev–Trinajstić information content (AvgIpc) is 3.29. The summed E-state index contributed by atoms with van der Waals surface area (Å²) in [6, 6.07) is 7.98. The topological polar surface area (TPSA) is 114 Å². The molecule has 204 valence electrons. The highest BCUT2D eigenvalue weighted by atomic mass is 35.5. The van der Waals surface area contributed by atoms with Gasteiger partial charge in [-0.2, -0.15) is 0 Å². The van der Waals surface area contributed by atoms with Crippen molar-refractivity contribution in [2.45, 2.75) is 13.5 Å². The Morgan fingerprint density at radius 1 is 1.18 bits per heavy atom. The van der Waals surface area contributed by atoms with Crippen LogP contribution in [0.1, 0.15) is 22.8 Å². The number of carbonyl (C=O) groups is 2. The number of fused-ring (bicyclic) bond motifs is 1. The van der Waals surface area contributed by atoms with Gasteiger partial charge in [0.25, 0.3) is 0 Å². The fourth-order valence-corrected chi connectivity index (χ4v) is 4.90. The molecule has 0 saturated carbocycles. The normalized spacial score (nSPS) is 16.2. The summed E-state index contributed by atoms with van der Waals surface area (Å²) in [6.07, 6.45) is 1.25. The lowest BCUT2D eigenvalue weighted by atomic mass is 10.1. The molecule has 4 heterocycles. The first-order valence-electron chi connectivity index (χ1n) is 12.5. The van der Waals surface area contributed by atoms with E-state index >= 15 is 4.39 Å². The monoisotopic (exact) mass is 556 g/mol. The van der Waals surface area contributed by atoms with Crippen molar-refractivity contribution in [3.63, 3.8) is 0 Å². The first-order valence-corrected chi connectivity index (χ1v) is 12.9. The molecule has 0 aliphatic carbocycles. The Kier molecular flexibility index (Phi) is 7.53. The van der Waals surface area contributed by atoms with E-state index in [1.54, 1.807) is 35.8 Å². The van der Waals surface area contributed by atoms with Crippen molar-refractivity contribution in [1.29, 1.82) is 0 Å². The minimum Gasteiger partial charge on any atom is -0.492 e. The first kappa shape index (κ1) is 26.6. The Labute approximate surface area is 227 Å². The maximum Gasteiger partial charge on any atom is 0.342 e. The maximum absolute atomic E-state index is 15.1. The van der Waals surface area contributed by atoms with E-state index in [0.717, 1.165) is 6.07 Å². The number of hydrogen-bond donors (Lipinski definition) is 1. The molecule has 0 amide bonds. The number of anilines is 1. The molecule has 0 radical (unpaired) electrons. The Balaban J connectivity index is 1.24. The predicted octanol–water partition coefficient (Wildman–Crippen LogP) is 3.01. The molecule has 1 aromatic carbocycles. The van der Waals surface area contributed by atoms with Gasteiger partial charge in [-0.3, -0.25) is 9.69 Å². The molecule has 1 saturated heterocycles. The van der Waals surface area contributed by atoms with Crippen molar-refractivity contribution in [3.05, 3.63) is 74.5 Å². The molecule has 39 heavy (non-hydrogen) atoms. The number of pyridine rings is 2. The number of carboxylic acid groups (broad SMARTS) is 1. The van der Waals surface area contributed by atoms with Crippen molar-refractivity contribution in [2.75, 3.05) is 50.8 Å². The number of aromatic carboxylic acids is 1. The van der Waals surface area contributed by atoms with Gasteiger partial charge in [-0.1, -0.05) is 23.7 Å². The van der Waals surface area contributed by atoms with Gasteiger partial charge in [0.1, 0.15) is 35.8 Å². The van der Waals surface area contributed by atoms with E-state index in [4.69, 9.17) is 21.1 Å². The molecule has 12 heteroatoms. The molecule has 5 rings (SSSR count). The van der Waals surface area contributed by atoms with Crippen LogP contribution in [-0.2, 0) is 20.8 Å². The van der Waals surface area contributed by atoms with Gasteiger partial charge >= 0.3 is 11.9 Å². The van der Waals surface area contributed by atoms with Gasteiger partial charge in [-0.05, 0) is 30.7 Å². The third kappa shape index (κ3) is 5.32. The van der Waals surface area contributed by atoms with E-state index in [0.29, 0.717) is 67.8 Å². The highest BCUT2D eigenvalue weighted by Crippen LogP contribution is 2.28. The third-order valence-corrected chi connectivity index (χ3v) is 7.11. The molecule has 0 bridgehead atoms. The quantitative estimate of drug-likeness (QED) is 0.418. The number of halogens is 2. The van der Waals surface area contributed by atoms with E-state index in [2.05, 4.69) is 9.88 Å². The van der Waals surface area contributed by atoms with E-state index in [1.165, 1.54) is 6.20 Å². The number of carboxylic acids is 1. The van der Waals surface area contributed by atoms with Gasteiger partial charge in [-0.15, -0.1) is 0 Å². The summed E-state index contributed by atoms with van der Waals surface area (Å²) in [6.45, 7) is 5.44. The smallest absolute Gasteiger partial charge is 0.342 e. The second-order valence-electron chi connectivity index (χ2n) is 9.19. The Morgan fingerprint density at radius 2 is 1.90 bits per heavy atom. The van der Waals surface area contributed by atoms with Crippen molar-refractivity contribution >= 4 is 46.0 Å². The molecular formula is C27H26ClFN4O6.